The molecule has 0 amide bonds. The molecular weight excluding hydrogens is 248 g/mol. The lowest BCUT2D eigenvalue weighted by Crippen LogP contribution is -2.44. The molecule has 2 aromatic rings. The van der Waals surface area contributed by atoms with Gasteiger partial charge in [0.2, 0.25) is 0 Å². The van der Waals surface area contributed by atoms with Crippen LogP contribution < -0.4 is 0 Å². The van der Waals surface area contributed by atoms with E-state index in [2.05, 4.69) is 0 Å². The lowest BCUT2D eigenvalue weighted by Gasteiger charge is -2.37. The molecule has 2 rings (SSSR count). The van der Waals surface area contributed by atoms with Crippen LogP contribution in [0.4, 0.5) is 0 Å². The molecule has 20 heavy (non-hydrogen) atoms. The molecule has 2 unspecified atom stereocenters. The second kappa shape index (κ2) is 6.21. The van der Waals surface area contributed by atoms with Gasteiger partial charge in [-0.2, -0.15) is 0 Å². The van der Waals surface area contributed by atoms with Gasteiger partial charge in [0.15, 0.2) is 0 Å². The second-order valence-electron chi connectivity index (χ2n) is 5.33. The maximum Gasteiger partial charge on any atom is 0.141 e. The molecule has 2 aromatic carbocycles. The van der Waals surface area contributed by atoms with Gasteiger partial charge in [0, 0.05) is 0 Å². The number of aliphatic hydroxyl groups is 2. The van der Waals surface area contributed by atoms with Crippen molar-refractivity contribution < 1.29 is 10.2 Å². The van der Waals surface area contributed by atoms with E-state index in [4.69, 9.17) is 0 Å². The highest BCUT2D eigenvalue weighted by molar-refractivity contribution is 5.37. The Morgan fingerprint density at radius 3 is 1.65 bits per heavy atom. The predicted octanol–water partition coefficient (Wildman–Crippen LogP) is 3.33. The smallest absolute Gasteiger partial charge is 0.141 e. The monoisotopic (exact) mass is 270 g/mol. The molecule has 2 heteroatoms. The third-order valence-corrected chi connectivity index (χ3v) is 4.04. The van der Waals surface area contributed by atoms with Crippen LogP contribution in [0.1, 0.15) is 31.4 Å². The van der Waals surface area contributed by atoms with Crippen molar-refractivity contribution in [2.24, 2.45) is 5.92 Å². The van der Waals surface area contributed by atoms with Gasteiger partial charge in [0.05, 0.1) is 6.10 Å². The van der Waals surface area contributed by atoms with Crippen LogP contribution in [-0.4, -0.2) is 16.3 Å². The van der Waals surface area contributed by atoms with Crippen molar-refractivity contribution in [2.45, 2.75) is 32.0 Å². The molecular formula is C18H22O2. The minimum absolute atomic E-state index is 0.000382. The van der Waals surface area contributed by atoms with Gasteiger partial charge in [-0.25, -0.2) is 0 Å². The molecule has 0 saturated heterocycles. The fourth-order valence-corrected chi connectivity index (χ4v) is 2.53. The molecule has 0 heterocycles. The molecule has 0 aromatic heterocycles. The minimum Gasteiger partial charge on any atom is -0.389 e. The zero-order valence-corrected chi connectivity index (χ0v) is 12.0. The molecule has 2 atom stereocenters. The van der Waals surface area contributed by atoms with Crippen LogP contribution in [-0.2, 0) is 5.60 Å². The molecule has 2 N–H and O–H groups in total. The molecule has 0 aliphatic rings. The number of hydrogen-bond donors (Lipinski definition) is 2. The Morgan fingerprint density at radius 2 is 1.30 bits per heavy atom. The molecule has 0 spiro atoms. The van der Waals surface area contributed by atoms with Crippen molar-refractivity contribution in [3.8, 4) is 0 Å². The summed E-state index contributed by atoms with van der Waals surface area (Å²) >= 11 is 0. The van der Waals surface area contributed by atoms with Crippen molar-refractivity contribution in [2.75, 3.05) is 0 Å². The Labute approximate surface area is 120 Å². The second-order valence-corrected chi connectivity index (χ2v) is 5.33. The average Bonchev–Trinajstić information content (AvgIpc) is 2.54. The maximum atomic E-state index is 11.3. The standard InChI is InChI=1S/C18H22O2/c1-3-14(2)17(19)18(20,15-10-6-4-7-11-15)16-12-8-5-9-13-16/h4-14,17,19-20H,3H2,1-2H3. The first-order valence-corrected chi connectivity index (χ1v) is 7.12. The largest absolute Gasteiger partial charge is 0.389 e. The topological polar surface area (TPSA) is 40.5 Å². The van der Waals surface area contributed by atoms with E-state index < -0.39 is 11.7 Å². The third-order valence-electron chi connectivity index (χ3n) is 4.04. The molecule has 0 bridgehead atoms. The summed E-state index contributed by atoms with van der Waals surface area (Å²) in [6, 6.07) is 18.8. The summed E-state index contributed by atoms with van der Waals surface area (Å²) in [7, 11) is 0. The van der Waals surface area contributed by atoms with Crippen LogP contribution in [0.25, 0.3) is 0 Å². The normalized spacial score (nSPS) is 14.8. The fourth-order valence-electron chi connectivity index (χ4n) is 2.53. The van der Waals surface area contributed by atoms with Gasteiger partial charge in [-0.15, -0.1) is 0 Å². The summed E-state index contributed by atoms with van der Waals surface area (Å²) in [6.45, 7) is 3.98. The Hall–Kier alpha value is -1.64. The van der Waals surface area contributed by atoms with E-state index in [1.807, 2.05) is 74.5 Å². The van der Waals surface area contributed by atoms with Crippen molar-refractivity contribution >= 4 is 0 Å². The fraction of sp³-hybridized carbons (Fsp3) is 0.333. The number of aliphatic hydroxyl groups excluding tert-OH is 1. The molecule has 0 fully saturated rings. The average molecular weight is 270 g/mol. The minimum atomic E-state index is -1.38. The quantitative estimate of drug-likeness (QED) is 0.875. The maximum absolute atomic E-state index is 11.3. The highest BCUT2D eigenvalue weighted by Crippen LogP contribution is 2.36. The van der Waals surface area contributed by atoms with Crippen LogP contribution in [0.3, 0.4) is 0 Å². The SMILES string of the molecule is CCC(C)C(O)C(O)(c1ccccc1)c1ccccc1. The van der Waals surface area contributed by atoms with Crippen molar-refractivity contribution in [1.82, 2.24) is 0 Å². The summed E-state index contributed by atoms with van der Waals surface area (Å²) in [5.74, 6) is 0.000382. The molecule has 106 valence electrons. The zero-order chi connectivity index (χ0) is 14.6. The number of hydrogen-bond acceptors (Lipinski definition) is 2. The van der Waals surface area contributed by atoms with E-state index in [-0.39, 0.29) is 5.92 Å². The van der Waals surface area contributed by atoms with Gasteiger partial charge in [-0.05, 0) is 17.0 Å². The Morgan fingerprint density at radius 1 is 0.900 bits per heavy atom. The highest BCUT2D eigenvalue weighted by Gasteiger charge is 2.41. The lowest BCUT2D eigenvalue weighted by molar-refractivity contribution is -0.0759. The summed E-state index contributed by atoms with van der Waals surface area (Å²) in [6.07, 6.45) is -0.0410. The first-order chi connectivity index (χ1) is 9.60. The zero-order valence-electron chi connectivity index (χ0n) is 12.0. The van der Waals surface area contributed by atoms with Crippen molar-refractivity contribution in [3.63, 3.8) is 0 Å². The molecule has 0 aliphatic heterocycles. The van der Waals surface area contributed by atoms with Crippen LogP contribution in [0.15, 0.2) is 60.7 Å². The summed E-state index contributed by atoms with van der Waals surface area (Å²) < 4.78 is 0. The number of benzene rings is 2. The van der Waals surface area contributed by atoms with Gasteiger partial charge >= 0.3 is 0 Å². The highest BCUT2D eigenvalue weighted by atomic mass is 16.3. The van der Waals surface area contributed by atoms with Crippen LogP contribution >= 0.6 is 0 Å². The Balaban J connectivity index is 2.55. The van der Waals surface area contributed by atoms with Crippen molar-refractivity contribution in [3.05, 3.63) is 71.8 Å². The first-order valence-electron chi connectivity index (χ1n) is 7.12. The Bertz CT molecular complexity index is 482. The van der Waals surface area contributed by atoms with Crippen LogP contribution in [0.5, 0.6) is 0 Å². The summed E-state index contributed by atoms with van der Waals surface area (Å²) in [4.78, 5) is 0. The van der Waals surface area contributed by atoms with E-state index in [1.165, 1.54) is 0 Å². The van der Waals surface area contributed by atoms with Gasteiger partial charge < -0.3 is 10.2 Å². The van der Waals surface area contributed by atoms with Gasteiger partial charge in [-0.3, -0.25) is 0 Å². The van der Waals surface area contributed by atoms with E-state index in [0.29, 0.717) is 0 Å². The van der Waals surface area contributed by atoms with Crippen molar-refractivity contribution in [1.29, 1.82) is 0 Å². The third kappa shape index (κ3) is 2.62. The lowest BCUT2D eigenvalue weighted by atomic mass is 9.76. The molecule has 0 radical (unpaired) electrons. The van der Waals surface area contributed by atoms with Crippen LogP contribution in [0.2, 0.25) is 0 Å². The van der Waals surface area contributed by atoms with E-state index >= 15 is 0 Å². The van der Waals surface area contributed by atoms with E-state index in [1.54, 1.807) is 0 Å². The van der Waals surface area contributed by atoms with Crippen LogP contribution in [0, 0.1) is 5.92 Å². The molecule has 2 nitrogen and oxygen atoms in total. The van der Waals surface area contributed by atoms with E-state index in [0.717, 1.165) is 17.5 Å². The number of rotatable bonds is 5. The predicted molar refractivity (Wildman–Crippen MR) is 81.3 cm³/mol. The molecule has 0 aliphatic carbocycles. The van der Waals surface area contributed by atoms with E-state index in [9.17, 15) is 10.2 Å². The summed E-state index contributed by atoms with van der Waals surface area (Å²) in [5.41, 5.74) is 0.0656. The first kappa shape index (κ1) is 14.8. The summed E-state index contributed by atoms with van der Waals surface area (Å²) in [5, 5.41) is 22.0. The van der Waals surface area contributed by atoms with Gasteiger partial charge in [-0.1, -0.05) is 80.9 Å². The van der Waals surface area contributed by atoms with Gasteiger partial charge in [0.25, 0.3) is 0 Å². The molecule has 0 saturated carbocycles. The van der Waals surface area contributed by atoms with Gasteiger partial charge in [0.1, 0.15) is 5.60 Å². The Kier molecular flexibility index (Phi) is 4.58.